The molecule has 0 spiro atoms. The number of carboxylic acid groups (broad SMARTS) is 1. The molecule has 1 N–H and O–H groups in total. The van der Waals surface area contributed by atoms with Gasteiger partial charge in [-0.15, -0.1) is 0 Å². The zero-order valence-corrected chi connectivity index (χ0v) is 13.3. The molecular weight excluding hydrogens is 270 g/mol. The Labute approximate surface area is 126 Å². The average molecular weight is 297 g/mol. The average Bonchev–Trinajstić information content (AvgIpc) is 2.42. The van der Waals surface area contributed by atoms with Crippen LogP contribution in [0.15, 0.2) is 0 Å². The first-order valence-electron chi connectivity index (χ1n) is 7.74. The minimum Gasteiger partial charge on any atom is -0.481 e. The Kier molecular flexibility index (Phi) is 4.88. The molecule has 120 valence electrons. The maximum Gasteiger partial charge on any atom is 0.306 e. The molecule has 0 aromatic rings. The Hall–Kier alpha value is -1.14. The minimum atomic E-state index is -0.733. The summed E-state index contributed by atoms with van der Waals surface area (Å²) in [4.78, 5) is 29.7. The van der Waals surface area contributed by atoms with Crippen LogP contribution < -0.4 is 0 Å². The summed E-state index contributed by atoms with van der Waals surface area (Å²) >= 11 is 0. The maximum absolute atomic E-state index is 12.4. The largest absolute Gasteiger partial charge is 0.481 e. The van der Waals surface area contributed by atoms with E-state index in [0.29, 0.717) is 32.5 Å². The molecule has 2 saturated heterocycles. The van der Waals surface area contributed by atoms with Crippen molar-refractivity contribution < 1.29 is 14.7 Å². The van der Waals surface area contributed by atoms with Gasteiger partial charge in [-0.25, -0.2) is 0 Å². The normalized spacial score (nSPS) is 25.0. The first kappa shape index (κ1) is 16.2. The van der Waals surface area contributed by atoms with Gasteiger partial charge < -0.3 is 10.0 Å². The Balaban J connectivity index is 1.81. The third kappa shape index (κ3) is 3.95. The van der Waals surface area contributed by atoms with Gasteiger partial charge in [-0.05, 0) is 33.7 Å². The lowest BCUT2D eigenvalue weighted by Gasteiger charge is -2.45. The number of aliphatic carboxylic acids is 1. The van der Waals surface area contributed by atoms with Crippen molar-refractivity contribution in [2.75, 3.05) is 46.3 Å². The zero-order chi connectivity index (χ0) is 15.6. The monoisotopic (exact) mass is 297 g/mol. The molecule has 0 atom stereocenters. The topological polar surface area (TPSA) is 64.1 Å². The zero-order valence-electron chi connectivity index (χ0n) is 13.3. The van der Waals surface area contributed by atoms with E-state index in [-0.39, 0.29) is 17.4 Å². The second-order valence-electron chi connectivity index (χ2n) is 6.94. The van der Waals surface area contributed by atoms with E-state index in [1.165, 1.54) is 0 Å². The highest BCUT2D eigenvalue weighted by molar-refractivity contribution is 5.79. The van der Waals surface area contributed by atoms with Crippen molar-refractivity contribution in [1.29, 1.82) is 0 Å². The number of nitrogens with zero attached hydrogens (tertiary/aromatic N) is 3. The molecule has 2 rings (SSSR count). The number of hydrogen-bond donors (Lipinski definition) is 1. The smallest absolute Gasteiger partial charge is 0.306 e. The molecule has 2 heterocycles. The summed E-state index contributed by atoms with van der Waals surface area (Å²) in [6, 6.07) is 0. The van der Waals surface area contributed by atoms with Gasteiger partial charge in [0.25, 0.3) is 0 Å². The van der Waals surface area contributed by atoms with Gasteiger partial charge in [-0.1, -0.05) is 0 Å². The quantitative estimate of drug-likeness (QED) is 0.813. The first-order chi connectivity index (χ1) is 9.79. The molecule has 0 aromatic heterocycles. The van der Waals surface area contributed by atoms with Crippen molar-refractivity contribution in [3.8, 4) is 0 Å². The number of likely N-dealkylation sites (tertiary alicyclic amines) is 1. The number of hydrogen-bond acceptors (Lipinski definition) is 4. The molecule has 0 radical (unpaired) electrons. The Morgan fingerprint density at radius 3 is 2.29 bits per heavy atom. The lowest BCUT2D eigenvalue weighted by atomic mass is 9.97. The van der Waals surface area contributed by atoms with Gasteiger partial charge in [0.15, 0.2) is 0 Å². The third-order valence-corrected chi connectivity index (χ3v) is 4.95. The van der Waals surface area contributed by atoms with E-state index in [0.717, 1.165) is 19.6 Å². The van der Waals surface area contributed by atoms with Gasteiger partial charge in [-0.3, -0.25) is 19.4 Å². The maximum atomic E-state index is 12.4. The number of carbonyl (C=O) groups excluding carboxylic acids is 1. The van der Waals surface area contributed by atoms with Crippen LogP contribution in [0.4, 0.5) is 0 Å². The van der Waals surface area contributed by atoms with Crippen LogP contribution in [0.1, 0.15) is 26.7 Å². The molecule has 2 aliphatic rings. The second kappa shape index (κ2) is 6.32. The minimum absolute atomic E-state index is 0.0921. The predicted octanol–water partition coefficient (Wildman–Crippen LogP) is 0.336. The highest BCUT2D eigenvalue weighted by atomic mass is 16.4. The van der Waals surface area contributed by atoms with Crippen LogP contribution in [0, 0.1) is 5.92 Å². The molecule has 6 heteroatoms. The standard InChI is InChI=1S/C15H27N3O3/c1-15(2)11-17(9-8-16(15)3)10-13(19)18-6-4-12(5-7-18)14(20)21/h12H,4-11H2,1-3H3,(H,20,21). The van der Waals surface area contributed by atoms with Gasteiger partial charge in [0.1, 0.15) is 0 Å². The van der Waals surface area contributed by atoms with Crippen molar-refractivity contribution in [1.82, 2.24) is 14.7 Å². The van der Waals surface area contributed by atoms with Gasteiger partial charge >= 0.3 is 5.97 Å². The van der Waals surface area contributed by atoms with Crippen molar-refractivity contribution in [3.63, 3.8) is 0 Å². The number of piperazine rings is 1. The number of amides is 1. The number of piperidine rings is 1. The highest BCUT2D eigenvalue weighted by Crippen LogP contribution is 2.20. The molecule has 2 fully saturated rings. The van der Waals surface area contributed by atoms with Gasteiger partial charge in [0.05, 0.1) is 12.5 Å². The number of carboxylic acids is 1. The summed E-state index contributed by atoms with van der Waals surface area (Å²) < 4.78 is 0. The lowest BCUT2D eigenvalue weighted by molar-refractivity contribution is -0.146. The fourth-order valence-corrected chi connectivity index (χ4v) is 3.14. The van der Waals surface area contributed by atoms with Crippen molar-refractivity contribution in [2.24, 2.45) is 5.92 Å². The number of carbonyl (C=O) groups is 2. The van der Waals surface area contributed by atoms with Crippen LogP contribution in [0.3, 0.4) is 0 Å². The van der Waals surface area contributed by atoms with Crippen molar-refractivity contribution >= 4 is 11.9 Å². The lowest BCUT2D eigenvalue weighted by Crippen LogP contribution is -2.59. The van der Waals surface area contributed by atoms with Crippen LogP contribution in [0.2, 0.25) is 0 Å². The molecule has 0 aromatic carbocycles. The van der Waals surface area contributed by atoms with Gasteiger partial charge in [0, 0.05) is 38.3 Å². The highest BCUT2D eigenvalue weighted by Gasteiger charge is 2.33. The van der Waals surface area contributed by atoms with E-state index in [4.69, 9.17) is 5.11 Å². The van der Waals surface area contributed by atoms with E-state index in [2.05, 4.69) is 30.7 Å². The van der Waals surface area contributed by atoms with Crippen LogP contribution >= 0.6 is 0 Å². The summed E-state index contributed by atoms with van der Waals surface area (Å²) in [6.07, 6.45) is 1.16. The van der Waals surface area contributed by atoms with Crippen LogP contribution in [-0.2, 0) is 9.59 Å². The molecule has 0 bridgehead atoms. The fraction of sp³-hybridized carbons (Fsp3) is 0.867. The first-order valence-corrected chi connectivity index (χ1v) is 7.74. The summed E-state index contributed by atoms with van der Waals surface area (Å²) in [5, 5.41) is 8.99. The van der Waals surface area contributed by atoms with Crippen molar-refractivity contribution in [3.05, 3.63) is 0 Å². The van der Waals surface area contributed by atoms with Gasteiger partial charge in [0.2, 0.25) is 5.91 Å². The molecule has 21 heavy (non-hydrogen) atoms. The summed E-state index contributed by atoms with van der Waals surface area (Å²) in [5.41, 5.74) is 0.0921. The molecule has 6 nitrogen and oxygen atoms in total. The van der Waals surface area contributed by atoms with E-state index in [1.807, 2.05) is 4.90 Å². The second-order valence-corrected chi connectivity index (χ2v) is 6.94. The number of rotatable bonds is 3. The predicted molar refractivity (Wildman–Crippen MR) is 80.1 cm³/mol. The van der Waals surface area contributed by atoms with Gasteiger partial charge in [-0.2, -0.15) is 0 Å². The van der Waals surface area contributed by atoms with Crippen LogP contribution in [0.5, 0.6) is 0 Å². The Morgan fingerprint density at radius 2 is 1.76 bits per heavy atom. The summed E-state index contributed by atoms with van der Waals surface area (Å²) in [5.74, 6) is -0.876. The van der Waals surface area contributed by atoms with E-state index in [9.17, 15) is 9.59 Å². The van der Waals surface area contributed by atoms with Crippen molar-refractivity contribution in [2.45, 2.75) is 32.2 Å². The van der Waals surface area contributed by atoms with Crippen LogP contribution in [-0.4, -0.2) is 83.5 Å². The van der Waals surface area contributed by atoms with E-state index in [1.54, 1.807) is 0 Å². The van der Waals surface area contributed by atoms with E-state index < -0.39 is 5.97 Å². The SMILES string of the molecule is CN1CCN(CC(=O)N2CCC(C(=O)O)CC2)CC1(C)C. The molecule has 1 amide bonds. The summed E-state index contributed by atoms with van der Waals surface area (Å²) in [6.45, 7) is 8.78. The molecule has 0 unspecified atom stereocenters. The molecule has 0 saturated carbocycles. The molecule has 2 aliphatic heterocycles. The Bertz CT molecular complexity index is 403. The van der Waals surface area contributed by atoms with Crippen LogP contribution in [0.25, 0.3) is 0 Å². The molecular formula is C15H27N3O3. The Morgan fingerprint density at radius 1 is 1.14 bits per heavy atom. The number of likely N-dealkylation sites (N-methyl/N-ethyl adjacent to an activating group) is 1. The third-order valence-electron chi connectivity index (χ3n) is 4.95. The fourth-order valence-electron chi connectivity index (χ4n) is 3.14. The summed E-state index contributed by atoms with van der Waals surface area (Å²) in [7, 11) is 2.12. The van der Waals surface area contributed by atoms with E-state index >= 15 is 0 Å². The molecule has 0 aliphatic carbocycles.